The molecule has 0 N–H and O–H groups in total. The van der Waals surface area contributed by atoms with Crippen LogP contribution in [0.25, 0.3) is 88.0 Å². The fourth-order valence-electron chi connectivity index (χ4n) is 7.95. The maximum atomic E-state index is 9.58. The second-order valence-electron chi connectivity index (χ2n) is 13.7. The summed E-state index contributed by atoms with van der Waals surface area (Å²) in [6.07, 6.45) is 0. The quantitative estimate of drug-likeness (QED) is 0.172. The van der Waals surface area contributed by atoms with Crippen LogP contribution < -0.4 is 4.90 Å². The standard InChI is InChI=1S/C52H33NO2/c1-2-12-34(13-3-1)35-24-28-39(29-25-35)53(40-30-26-36(27-31-40)41-18-10-20-45-43-17-7-9-22-48(43)55-52(41)45)47-21-8-6-16-42(47)44-19-11-23-49-51(44)46-32-37-14-4-5-15-38(37)33-50(46)54-49/h1-33H/i24D,25D,28D,29D. The Kier molecular flexibility index (Phi) is 6.27. The predicted molar refractivity (Wildman–Crippen MR) is 229 cm³/mol. The molecule has 55 heavy (non-hydrogen) atoms. The highest BCUT2D eigenvalue weighted by Gasteiger charge is 2.21. The minimum atomic E-state index is -0.144. The molecule has 3 heteroatoms. The van der Waals surface area contributed by atoms with Gasteiger partial charge in [-0.3, -0.25) is 0 Å². The zero-order chi connectivity index (χ0) is 39.8. The average Bonchev–Trinajstić information content (AvgIpc) is 3.85. The van der Waals surface area contributed by atoms with Crippen LogP contribution in [0.15, 0.2) is 209 Å². The summed E-state index contributed by atoms with van der Waals surface area (Å²) < 4.78 is 50.7. The molecule has 9 aromatic carbocycles. The molecule has 2 heterocycles. The van der Waals surface area contributed by atoms with Crippen LogP contribution in [0.4, 0.5) is 17.1 Å². The molecular weight excluding hydrogens is 671 g/mol. The van der Waals surface area contributed by atoms with Crippen LogP contribution in [0.5, 0.6) is 0 Å². The lowest BCUT2D eigenvalue weighted by Gasteiger charge is -2.28. The first-order valence-corrected chi connectivity index (χ1v) is 18.3. The molecule has 0 saturated heterocycles. The highest BCUT2D eigenvalue weighted by molar-refractivity contribution is 6.17. The van der Waals surface area contributed by atoms with E-state index in [1.807, 2.05) is 132 Å². The lowest BCUT2D eigenvalue weighted by atomic mass is 9.96. The maximum absolute atomic E-state index is 9.58. The molecule has 0 aliphatic heterocycles. The van der Waals surface area contributed by atoms with E-state index >= 15 is 0 Å². The molecule has 0 fully saturated rings. The van der Waals surface area contributed by atoms with Crippen LogP contribution >= 0.6 is 0 Å². The van der Waals surface area contributed by atoms with Gasteiger partial charge in [-0.05, 0) is 87.6 Å². The molecule has 0 spiro atoms. The number of para-hydroxylation sites is 3. The van der Waals surface area contributed by atoms with Gasteiger partial charge >= 0.3 is 0 Å². The van der Waals surface area contributed by atoms with E-state index in [9.17, 15) is 5.48 Å². The first-order valence-electron chi connectivity index (χ1n) is 20.3. The molecule has 0 amide bonds. The molecule has 0 saturated carbocycles. The number of benzene rings is 9. The molecular formula is C52H33NO2. The number of anilines is 3. The van der Waals surface area contributed by atoms with E-state index in [0.29, 0.717) is 16.9 Å². The van der Waals surface area contributed by atoms with Gasteiger partial charge in [0.1, 0.15) is 22.3 Å². The minimum absolute atomic E-state index is 0.113. The van der Waals surface area contributed by atoms with Crippen LogP contribution in [0, 0.1) is 0 Å². The van der Waals surface area contributed by atoms with Gasteiger partial charge in [0, 0.05) is 44.0 Å². The van der Waals surface area contributed by atoms with Gasteiger partial charge in [0.25, 0.3) is 0 Å². The van der Waals surface area contributed by atoms with Crippen LogP contribution in [-0.4, -0.2) is 0 Å². The topological polar surface area (TPSA) is 29.5 Å². The molecule has 258 valence electrons. The van der Waals surface area contributed by atoms with Crippen molar-refractivity contribution in [2.75, 3.05) is 4.90 Å². The van der Waals surface area contributed by atoms with Gasteiger partial charge < -0.3 is 13.7 Å². The van der Waals surface area contributed by atoms with Crippen molar-refractivity contribution < 1.29 is 14.3 Å². The molecule has 11 rings (SSSR count). The Bertz CT molecular complexity index is 3410. The summed E-state index contributed by atoms with van der Waals surface area (Å²) in [5, 5.41) is 6.22. The number of nitrogens with zero attached hydrogens (tertiary/aromatic N) is 1. The zero-order valence-electron chi connectivity index (χ0n) is 33.5. The van der Waals surface area contributed by atoms with Crippen molar-refractivity contribution in [3.8, 4) is 33.4 Å². The second kappa shape index (κ2) is 12.6. The zero-order valence-corrected chi connectivity index (χ0v) is 29.5. The third-order valence-electron chi connectivity index (χ3n) is 10.5. The van der Waals surface area contributed by atoms with Gasteiger partial charge in [-0.25, -0.2) is 0 Å². The monoisotopic (exact) mass is 707 g/mol. The molecule has 11 aromatic rings. The summed E-state index contributed by atoms with van der Waals surface area (Å²) in [4.78, 5) is 1.87. The fraction of sp³-hybridized carbons (Fsp3) is 0. The summed E-state index contributed by atoms with van der Waals surface area (Å²) in [6, 6.07) is 57.4. The Morgan fingerprint density at radius 3 is 1.89 bits per heavy atom. The molecule has 0 bridgehead atoms. The number of hydrogen-bond donors (Lipinski definition) is 0. The summed E-state index contributed by atoms with van der Waals surface area (Å²) in [6.45, 7) is 0. The molecule has 0 atom stereocenters. The minimum Gasteiger partial charge on any atom is -0.456 e. The number of fused-ring (bicyclic) bond motifs is 7. The predicted octanol–water partition coefficient (Wildman–Crippen LogP) is 15.1. The highest BCUT2D eigenvalue weighted by Crippen LogP contribution is 2.46. The summed E-state index contributed by atoms with van der Waals surface area (Å²) in [5.41, 5.74) is 9.18. The average molecular weight is 708 g/mol. The van der Waals surface area contributed by atoms with Crippen molar-refractivity contribution in [2.45, 2.75) is 0 Å². The SMILES string of the molecule is [2H]c1c([2H])c(N(c2ccc(-c3cccc4c3oc3ccccc34)cc2)c2ccccc2-c2cccc3oc4cc5ccccc5cc4c23)c([2H])c([2H])c1-c1ccccc1. The molecule has 0 aliphatic carbocycles. The van der Waals surface area contributed by atoms with Crippen molar-refractivity contribution in [2.24, 2.45) is 0 Å². The van der Waals surface area contributed by atoms with E-state index in [1.165, 1.54) is 0 Å². The van der Waals surface area contributed by atoms with Crippen molar-refractivity contribution in [1.82, 2.24) is 0 Å². The van der Waals surface area contributed by atoms with Gasteiger partial charge in [-0.2, -0.15) is 0 Å². The highest BCUT2D eigenvalue weighted by atomic mass is 16.3. The van der Waals surface area contributed by atoms with Gasteiger partial charge in [-0.1, -0.05) is 146 Å². The Morgan fingerprint density at radius 1 is 0.382 bits per heavy atom. The van der Waals surface area contributed by atoms with Crippen LogP contribution in [0.1, 0.15) is 5.48 Å². The first-order chi connectivity index (χ1) is 28.9. The van der Waals surface area contributed by atoms with Gasteiger partial charge in [0.05, 0.1) is 11.2 Å². The van der Waals surface area contributed by atoms with E-state index in [-0.39, 0.29) is 35.4 Å². The van der Waals surface area contributed by atoms with E-state index in [0.717, 1.165) is 76.9 Å². The largest absolute Gasteiger partial charge is 0.456 e. The van der Waals surface area contributed by atoms with E-state index in [1.54, 1.807) is 0 Å². The van der Waals surface area contributed by atoms with Crippen LogP contribution in [-0.2, 0) is 0 Å². The van der Waals surface area contributed by atoms with Crippen LogP contribution in [0.2, 0.25) is 0 Å². The molecule has 2 aromatic heterocycles. The number of furan rings is 2. The van der Waals surface area contributed by atoms with Gasteiger partial charge in [0.15, 0.2) is 0 Å². The Labute approximate surface area is 323 Å². The molecule has 0 unspecified atom stereocenters. The summed E-state index contributed by atoms with van der Waals surface area (Å²) in [5.74, 6) is 0. The Hall–Kier alpha value is -7.36. The number of hydrogen-bond acceptors (Lipinski definition) is 3. The Morgan fingerprint density at radius 2 is 1.04 bits per heavy atom. The smallest absolute Gasteiger partial charge is 0.143 e. The van der Waals surface area contributed by atoms with Crippen molar-refractivity contribution in [3.05, 3.63) is 200 Å². The fourth-order valence-corrected chi connectivity index (χ4v) is 7.95. The summed E-state index contributed by atoms with van der Waals surface area (Å²) in [7, 11) is 0. The lowest BCUT2D eigenvalue weighted by Crippen LogP contribution is -2.11. The first kappa shape index (κ1) is 27.3. The lowest BCUT2D eigenvalue weighted by molar-refractivity contribution is 0.669. The van der Waals surface area contributed by atoms with E-state index in [4.69, 9.17) is 8.83 Å². The van der Waals surface area contributed by atoms with Crippen molar-refractivity contribution in [3.63, 3.8) is 0 Å². The van der Waals surface area contributed by atoms with E-state index < -0.39 is 0 Å². The third kappa shape index (κ3) is 5.20. The number of rotatable bonds is 6. The molecule has 3 nitrogen and oxygen atoms in total. The third-order valence-corrected chi connectivity index (χ3v) is 10.5. The summed E-state index contributed by atoms with van der Waals surface area (Å²) >= 11 is 0. The van der Waals surface area contributed by atoms with E-state index in [2.05, 4.69) is 48.5 Å². The Balaban J connectivity index is 1.15. The molecule has 0 aliphatic rings. The van der Waals surface area contributed by atoms with Gasteiger partial charge in [-0.15, -0.1) is 0 Å². The second-order valence-corrected chi connectivity index (χ2v) is 13.7. The van der Waals surface area contributed by atoms with Crippen LogP contribution in [0.3, 0.4) is 0 Å². The normalized spacial score (nSPS) is 12.7. The maximum Gasteiger partial charge on any atom is 0.143 e. The van der Waals surface area contributed by atoms with Crippen molar-refractivity contribution >= 4 is 71.7 Å². The molecule has 0 radical (unpaired) electrons. The van der Waals surface area contributed by atoms with Gasteiger partial charge in [0.2, 0.25) is 0 Å². The van der Waals surface area contributed by atoms with Crippen molar-refractivity contribution in [1.29, 1.82) is 0 Å².